The van der Waals surface area contributed by atoms with Gasteiger partial charge in [-0.2, -0.15) is 11.8 Å². The van der Waals surface area contributed by atoms with E-state index >= 15 is 0 Å². The number of amides is 1. The van der Waals surface area contributed by atoms with Crippen molar-refractivity contribution in [1.29, 1.82) is 0 Å². The summed E-state index contributed by atoms with van der Waals surface area (Å²) in [4.78, 5) is 15.5. The molecule has 3 nitrogen and oxygen atoms in total. The summed E-state index contributed by atoms with van der Waals surface area (Å²) in [5.41, 5.74) is 1.76. The fourth-order valence-corrected chi connectivity index (χ4v) is 3.87. The van der Waals surface area contributed by atoms with Crippen LogP contribution < -0.4 is 5.32 Å². The molecule has 1 aromatic heterocycles. The van der Waals surface area contributed by atoms with Crippen LogP contribution in [0.2, 0.25) is 0 Å². The molecule has 2 heterocycles. The minimum atomic E-state index is 0.0268. The zero-order valence-electron chi connectivity index (χ0n) is 11.0. The maximum Gasteiger partial charge on any atom is 0.252 e. The Morgan fingerprint density at radius 1 is 1.47 bits per heavy atom. The van der Waals surface area contributed by atoms with Crippen molar-refractivity contribution in [2.45, 2.75) is 24.5 Å². The van der Waals surface area contributed by atoms with Crippen molar-refractivity contribution >= 4 is 28.6 Å². The molecular formula is C15H18N2OS. The predicted molar refractivity (Wildman–Crippen MR) is 80.7 cm³/mol. The van der Waals surface area contributed by atoms with Gasteiger partial charge in [0.05, 0.1) is 0 Å². The molecule has 19 heavy (non-hydrogen) atoms. The number of fused-ring (bicyclic) bond motifs is 1. The SMILES string of the molecule is CC1(CNC(=O)c2cccc3[nH]ccc23)CCCS1. The zero-order chi connectivity index (χ0) is 13.3. The third-order valence-electron chi connectivity index (χ3n) is 3.76. The van der Waals surface area contributed by atoms with E-state index in [4.69, 9.17) is 0 Å². The van der Waals surface area contributed by atoms with Gasteiger partial charge in [0.1, 0.15) is 0 Å². The van der Waals surface area contributed by atoms with E-state index in [2.05, 4.69) is 17.2 Å². The molecule has 0 spiro atoms. The Morgan fingerprint density at radius 2 is 2.37 bits per heavy atom. The standard InChI is InChI=1S/C15H18N2OS/c1-15(7-3-9-19-15)10-17-14(18)12-4-2-5-13-11(12)6-8-16-13/h2,4-6,8,16H,3,7,9-10H2,1H3,(H,17,18). The summed E-state index contributed by atoms with van der Waals surface area (Å²) in [5.74, 6) is 1.23. The lowest BCUT2D eigenvalue weighted by molar-refractivity contribution is 0.0951. The largest absolute Gasteiger partial charge is 0.361 e. The van der Waals surface area contributed by atoms with Crippen molar-refractivity contribution in [1.82, 2.24) is 10.3 Å². The summed E-state index contributed by atoms with van der Waals surface area (Å²) in [5, 5.41) is 4.08. The van der Waals surface area contributed by atoms with Gasteiger partial charge in [0.25, 0.3) is 5.91 Å². The molecule has 3 rings (SSSR count). The molecule has 0 radical (unpaired) electrons. The van der Waals surface area contributed by atoms with E-state index in [-0.39, 0.29) is 10.7 Å². The van der Waals surface area contributed by atoms with E-state index in [1.54, 1.807) is 0 Å². The molecular weight excluding hydrogens is 256 g/mol. The number of thioether (sulfide) groups is 1. The highest BCUT2D eigenvalue weighted by Gasteiger charge is 2.29. The van der Waals surface area contributed by atoms with Gasteiger partial charge in [0.15, 0.2) is 0 Å². The normalized spacial score (nSPS) is 22.8. The van der Waals surface area contributed by atoms with Gasteiger partial charge in [-0.3, -0.25) is 4.79 Å². The number of H-pyrrole nitrogens is 1. The number of carbonyl (C=O) groups excluding carboxylic acids is 1. The van der Waals surface area contributed by atoms with Crippen LogP contribution in [-0.4, -0.2) is 27.9 Å². The lowest BCUT2D eigenvalue weighted by Gasteiger charge is -2.22. The van der Waals surface area contributed by atoms with Crippen molar-refractivity contribution in [3.8, 4) is 0 Å². The van der Waals surface area contributed by atoms with Gasteiger partial charge in [-0.15, -0.1) is 0 Å². The lowest BCUT2D eigenvalue weighted by atomic mass is 10.1. The molecule has 1 aliphatic heterocycles. The van der Waals surface area contributed by atoms with Crippen LogP contribution in [0.25, 0.3) is 10.9 Å². The number of rotatable bonds is 3. The van der Waals surface area contributed by atoms with Crippen molar-refractivity contribution in [3.05, 3.63) is 36.0 Å². The average Bonchev–Trinajstić information content (AvgIpc) is 3.04. The molecule has 0 bridgehead atoms. The minimum Gasteiger partial charge on any atom is -0.361 e. The Morgan fingerprint density at radius 3 is 3.16 bits per heavy atom. The van der Waals surface area contributed by atoms with Crippen molar-refractivity contribution in [3.63, 3.8) is 0 Å². The van der Waals surface area contributed by atoms with Gasteiger partial charge in [-0.05, 0) is 43.7 Å². The van der Waals surface area contributed by atoms with E-state index < -0.39 is 0 Å². The van der Waals surface area contributed by atoms with Crippen LogP contribution in [0.1, 0.15) is 30.1 Å². The minimum absolute atomic E-state index is 0.0268. The molecule has 1 atom stereocenters. The van der Waals surface area contributed by atoms with E-state index in [0.717, 1.165) is 23.0 Å². The van der Waals surface area contributed by atoms with Crippen molar-refractivity contribution < 1.29 is 4.79 Å². The Labute approximate surface area is 117 Å². The number of aromatic nitrogens is 1. The molecule has 100 valence electrons. The van der Waals surface area contributed by atoms with E-state index in [1.807, 2.05) is 42.2 Å². The molecule has 2 N–H and O–H groups in total. The van der Waals surface area contributed by atoms with E-state index in [1.165, 1.54) is 18.6 Å². The second-order valence-electron chi connectivity index (χ2n) is 5.33. The first-order valence-electron chi connectivity index (χ1n) is 6.66. The summed E-state index contributed by atoms with van der Waals surface area (Å²) in [7, 11) is 0. The molecule has 1 amide bonds. The second kappa shape index (κ2) is 4.93. The lowest BCUT2D eigenvalue weighted by Crippen LogP contribution is -2.36. The monoisotopic (exact) mass is 274 g/mol. The van der Waals surface area contributed by atoms with Crippen LogP contribution in [0.5, 0.6) is 0 Å². The number of nitrogens with one attached hydrogen (secondary N) is 2. The summed E-state index contributed by atoms with van der Waals surface area (Å²) in [6.07, 6.45) is 4.31. The van der Waals surface area contributed by atoms with Crippen LogP contribution in [0, 0.1) is 0 Å². The molecule has 1 unspecified atom stereocenters. The predicted octanol–water partition coefficient (Wildman–Crippen LogP) is 3.18. The number of hydrogen-bond donors (Lipinski definition) is 2. The molecule has 1 aromatic carbocycles. The highest BCUT2D eigenvalue weighted by molar-refractivity contribution is 8.00. The number of aromatic amines is 1. The van der Waals surface area contributed by atoms with Crippen LogP contribution in [0.15, 0.2) is 30.5 Å². The van der Waals surface area contributed by atoms with Crippen LogP contribution in [0.4, 0.5) is 0 Å². The van der Waals surface area contributed by atoms with E-state index in [0.29, 0.717) is 0 Å². The third kappa shape index (κ3) is 2.50. The molecule has 1 fully saturated rings. The topological polar surface area (TPSA) is 44.9 Å². The summed E-state index contributed by atoms with van der Waals surface area (Å²) < 4.78 is 0.210. The van der Waals surface area contributed by atoms with Crippen molar-refractivity contribution in [2.24, 2.45) is 0 Å². The summed E-state index contributed by atoms with van der Waals surface area (Å²) >= 11 is 1.97. The molecule has 4 heteroatoms. The summed E-state index contributed by atoms with van der Waals surface area (Å²) in [6.45, 7) is 2.99. The quantitative estimate of drug-likeness (QED) is 0.903. The first-order valence-corrected chi connectivity index (χ1v) is 7.65. The molecule has 2 aromatic rings. The number of carbonyl (C=O) groups is 1. The first-order chi connectivity index (χ1) is 9.18. The third-order valence-corrected chi connectivity index (χ3v) is 5.30. The van der Waals surface area contributed by atoms with Gasteiger partial charge < -0.3 is 10.3 Å². The highest BCUT2D eigenvalue weighted by Crippen LogP contribution is 2.37. The van der Waals surface area contributed by atoms with Gasteiger partial charge in [-0.25, -0.2) is 0 Å². The maximum atomic E-state index is 12.3. The Bertz CT molecular complexity index is 599. The van der Waals surface area contributed by atoms with Crippen LogP contribution in [-0.2, 0) is 0 Å². The van der Waals surface area contributed by atoms with Gasteiger partial charge in [-0.1, -0.05) is 6.07 Å². The Balaban J connectivity index is 1.75. The van der Waals surface area contributed by atoms with Crippen LogP contribution in [0.3, 0.4) is 0 Å². The molecule has 0 saturated carbocycles. The molecule has 1 saturated heterocycles. The highest BCUT2D eigenvalue weighted by atomic mass is 32.2. The summed E-state index contributed by atoms with van der Waals surface area (Å²) in [6, 6.07) is 7.74. The van der Waals surface area contributed by atoms with Gasteiger partial charge >= 0.3 is 0 Å². The Kier molecular flexibility index (Phi) is 3.27. The van der Waals surface area contributed by atoms with Gasteiger partial charge in [0.2, 0.25) is 0 Å². The zero-order valence-corrected chi connectivity index (χ0v) is 11.8. The molecule has 1 aliphatic rings. The fourth-order valence-electron chi connectivity index (χ4n) is 2.62. The molecule has 0 aliphatic carbocycles. The number of benzene rings is 1. The smallest absolute Gasteiger partial charge is 0.252 e. The van der Waals surface area contributed by atoms with Crippen LogP contribution >= 0.6 is 11.8 Å². The Hall–Kier alpha value is -1.42. The van der Waals surface area contributed by atoms with Crippen molar-refractivity contribution in [2.75, 3.05) is 12.3 Å². The van der Waals surface area contributed by atoms with Gasteiger partial charge in [0, 0.05) is 34.0 Å². The fraction of sp³-hybridized carbons (Fsp3) is 0.400. The average molecular weight is 274 g/mol. The first kappa shape index (κ1) is 12.6. The maximum absolute atomic E-state index is 12.3. The second-order valence-corrected chi connectivity index (χ2v) is 7.01. The van der Waals surface area contributed by atoms with E-state index in [9.17, 15) is 4.79 Å². The number of hydrogen-bond acceptors (Lipinski definition) is 2.